The number of phenols is 1. The summed E-state index contributed by atoms with van der Waals surface area (Å²) in [5.41, 5.74) is 6.98. The highest BCUT2D eigenvalue weighted by molar-refractivity contribution is 6.99. The molecule has 1 heterocycles. The Morgan fingerprint density at radius 2 is 1.62 bits per heavy atom. The third-order valence-corrected chi connectivity index (χ3v) is 4.13. The first-order valence-electron chi connectivity index (χ1n) is 7.54. The molecule has 0 saturated carbocycles. The number of carbonyl (C=O) groups is 1. The van der Waals surface area contributed by atoms with Crippen molar-refractivity contribution in [1.29, 1.82) is 0 Å². The van der Waals surface area contributed by atoms with Crippen molar-refractivity contribution in [3.63, 3.8) is 0 Å². The van der Waals surface area contributed by atoms with Crippen LogP contribution in [-0.4, -0.2) is 19.8 Å². The third kappa shape index (κ3) is 3.78. The summed E-state index contributed by atoms with van der Waals surface area (Å²) in [5.74, 6) is -0.230. The molecule has 0 atom stereocenters. The van der Waals surface area contributed by atoms with Crippen LogP contribution >= 0.6 is 11.7 Å². The predicted octanol–water partition coefficient (Wildman–Crippen LogP) is 2.50. The molecule has 2 aromatic carbocycles. The Balaban J connectivity index is 1.83. The molecule has 1 aromatic heterocycles. The molecule has 0 aliphatic carbocycles. The van der Waals surface area contributed by atoms with E-state index in [4.69, 9.17) is 5.73 Å². The molecule has 0 radical (unpaired) electrons. The first kappa shape index (κ1) is 17.4. The van der Waals surface area contributed by atoms with Gasteiger partial charge in [0.05, 0.1) is 11.7 Å². The lowest BCUT2D eigenvalue weighted by Crippen LogP contribution is -2.15. The SMILES string of the molecule is Cc1ccc(Nc2nsnc(Nc3ccc(C(N)=O)cc3)c2=O)cc1O. The Hall–Kier alpha value is -3.46. The predicted molar refractivity (Wildman–Crippen MR) is 101 cm³/mol. The van der Waals surface area contributed by atoms with Crippen LogP contribution < -0.4 is 21.8 Å². The number of nitrogens with one attached hydrogen (secondary N) is 2. The topological polar surface area (TPSA) is 130 Å². The molecule has 0 saturated heterocycles. The summed E-state index contributed by atoms with van der Waals surface area (Å²) >= 11 is 0.862. The van der Waals surface area contributed by atoms with E-state index in [1.54, 1.807) is 43.3 Å². The molecule has 26 heavy (non-hydrogen) atoms. The Bertz CT molecular complexity index is 1020. The van der Waals surface area contributed by atoms with Crippen molar-refractivity contribution in [1.82, 2.24) is 8.75 Å². The van der Waals surface area contributed by atoms with E-state index in [0.717, 1.165) is 17.3 Å². The summed E-state index contributed by atoms with van der Waals surface area (Å²) in [4.78, 5) is 23.6. The molecule has 0 fully saturated rings. The second kappa shape index (κ2) is 7.19. The number of aromatic hydroxyl groups is 1. The normalized spacial score (nSPS) is 10.3. The van der Waals surface area contributed by atoms with Crippen molar-refractivity contribution < 1.29 is 9.90 Å². The van der Waals surface area contributed by atoms with Crippen molar-refractivity contribution in [3.8, 4) is 5.75 Å². The standard InChI is InChI=1S/C17H15N5O3S/c1-9-2-5-12(8-13(9)23)20-17-14(24)16(21-26-22-17)19-11-6-3-10(4-7-11)15(18)25/h2-8,23H,1H3,(H2,18,25)(H,19,21)(H,20,22). The van der Waals surface area contributed by atoms with Crippen LogP contribution in [0.5, 0.6) is 5.75 Å². The van der Waals surface area contributed by atoms with Gasteiger partial charge in [0.25, 0.3) is 5.43 Å². The second-order valence-electron chi connectivity index (χ2n) is 5.48. The molecule has 9 heteroatoms. The van der Waals surface area contributed by atoms with Crippen molar-refractivity contribution in [3.05, 3.63) is 63.8 Å². The van der Waals surface area contributed by atoms with Gasteiger partial charge in [0.15, 0.2) is 11.6 Å². The number of rotatable bonds is 5. The van der Waals surface area contributed by atoms with Crippen molar-refractivity contribution in [2.24, 2.45) is 5.73 Å². The van der Waals surface area contributed by atoms with Crippen LogP contribution in [0.4, 0.5) is 23.0 Å². The van der Waals surface area contributed by atoms with Crippen molar-refractivity contribution in [2.45, 2.75) is 6.92 Å². The highest BCUT2D eigenvalue weighted by Gasteiger charge is 2.11. The highest BCUT2D eigenvalue weighted by atomic mass is 32.1. The molecule has 5 N–H and O–H groups in total. The summed E-state index contributed by atoms with van der Waals surface area (Å²) < 4.78 is 7.98. The Kier molecular flexibility index (Phi) is 4.81. The minimum atomic E-state index is -0.529. The Labute approximate surface area is 152 Å². The molecular formula is C17H15N5O3S. The number of aromatic nitrogens is 2. The minimum Gasteiger partial charge on any atom is -0.508 e. The average Bonchev–Trinajstić information content (AvgIpc) is 2.62. The smallest absolute Gasteiger partial charge is 0.265 e. The minimum absolute atomic E-state index is 0.0875. The molecule has 0 spiro atoms. The summed E-state index contributed by atoms with van der Waals surface area (Å²) in [6, 6.07) is 11.3. The lowest BCUT2D eigenvalue weighted by molar-refractivity contribution is 0.100. The van der Waals surface area contributed by atoms with Crippen LogP contribution in [0.25, 0.3) is 0 Å². The number of phenolic OH excluding ortho intramolecular Hbond substituents is 1. The molecule has 132 valence electrons. The van der Waals surface area contributed by atoms with Crippen molar-refractivity contribution in [2.75, 3.05) is 10.6 Å². The molecule has 3 rings (SSSR count). The maximum atomic E-state index is 12.5. The number of aryl methyl sites for hydroxylation is 1. The first-order chi connectivity index (χ1) is 12.4. The number of anilines is 4. The van der Waals surface area contributed by atoms with Gasteiger partial charge in [0.1, 0.15) is 5.75 Å². The zero-order valence-corrected chi connectivity index (χ0v) is 14.5. The Morgan fingerprint density at radius 1 is 1.04 bits per heavy atom. The van der Waals surface area contributed by atoms with Crippen LogP contribution in [0, 0.1) is 6.92 Å². The van der Waals surface area contributed by atoms with E-state index in [9.17, 15) is 14.7 Å². The summed E-state index contributed by atoms with van der Waals surface area (Å²) in [7, 11) is 0. The van der Waals surface area contributed by atoms with E-state index < -0.39 is 11.3 Å². The zero-order chi connectivity index (χ0) is 18.7. The van der Waals surface area contributed by atoms with E-state index >= 15 is 0 Å². The van der Waals surface area contributed by atoms with Gasteiger partial charge in [-0.05, 0) is 42.8 Å². The maximum absolute atomic E-state index is 12.5. The summed E-state index contributed by atoms with van der Waals surface area (Å²) in [5, 5.41) is 15.5. The number of carbonyl (C=O) groups excluding carboxylic acids is 1. The molecule has 0 aliphatic heterocycles. The molecule has 0 bridgehead atoms. The van der Waals surface area contributed by atoms with E-state index in [1.807, 2.05) is 0 Å². The van der Waals surface area contributed by atoms with Gasteiger partial charge in [0, 0.05) is 23.0 Å². The van der Waals surface area contributed by atoms with Gasteiger partial charge in [-0.3, -0.25) is 9.59 Å². The van der Waals surface area contributed by atoms with E-state index in [0.29, 0.717) is 16.9 Å². The van der Waals surface area contributed by atoms with Gasteiger partial charge in [-0.25, -0.2) is 0 Å². The quantitative estimate of drug-likeness (QED) is 0.543. The fourth-order valence-electron chi connectivity index (χ4n) is 2.13. The van der Waals surface area contributed by atoms with Gasteiger partial charge in [-0.15, -0.1) is 0 Å². The van der Waals surface area contributed by atoms with E-state index in [-0.39, 0.29) is 17.4 Å². The van der Waals surface area contributed by atoms with Crippen molar-refractivity contribution >= 4 is 40.6 Å². The van der Waals surface area contributed by atoms with E-state index in [1.165, 1.54) is 6.07 Å². The number of hydrogen-bond donors (Lipinski definition) is 4. The van der Waals surface area contributed by atoms with Gasteiger partial charge < -0.3 is 21.5 Å². The van der Waals surface area contributed by atoms with Gasteiger partial charge >= 0.3 is 0 Å². The van der Waals surface area contributed by atoms with E-state index in [2.05, 4.69) is 19.4 Å². The monoisotopic (exact) mass is 369 g/mol. The molecule has 0 unspecified atom stereocenters. The van der Waals surface area contributed by atoms with Crippen LogP contribution in [-0.2, 0) is 0 Å². The lowest BCUT2D eigenvalue weighted by atomic mass is 10.2. The fourth-order valence-corrected chi connectivity index (χ4v) is 2.60. The fraction of sp³-hybridized carbons (Fsp3) is 0.0588. The number of benzene rings is 2. The van der Waals surface area contributed by atoms with Crippen LogP contribution in [0.2, 0.25) is 0 Å². The van der Waals surface area contributed by atoms with Gasteiger partial charge in [0.2, 0.25) is 5.91 Å². The summed E-state index contributed by atoms with van der Waals surface area (Å²) in [6.45, 7) is 1.77. The van der Waals surface area contributed by atoms with Crippen LogP contribution in [0.15, 0.2) is 47.3 Å². The molecule has 3 aromatic rings. The molecular weight excluding hydrogens is 354 g/mol. The maximum Gasteiger partial charge on any atom is 0.265 e. The first-order valence-corrected chi connectivity index (χ1v) is 8.27. The molecule has 8 nitrogen and oxygen atoms in total. The van der Waals surface area contributed by atoms with Crippen LogP contribution in [0.3, 0.4) is 0 Å². The summed E-state index contributed by atoms with van der Waals surface area (Å²) in [6.07, 6.45) is 0. The number of nitrogens with two attached hydrogens (primary N) is 1. The number of primary amides is 1. The third-order valence-electron chi connectivity index (χ3n) is 3.60. The lowest BCUT2D eigenvalue weighted by Gasteiger charge is -2.08. The largest absolute Gasteiger partial charge is 0.508 e. The van der Waals surface area contributed by atoms with Gasteiger partial charge in [-0.1, -0.05) is 6.07 Å². The van der Waals surface area contributed by atoms with Crippen LogP contribution in [0.1, 0.15) is 15.9 Å². The highest BCUT2D eigenvalue weighted by Crippen LogP contribution is 2.23. The number of amides is 1. The van der Waals surface area contributed by atoms with Gasteiger partial charge in [-0.2, -0.15) is 8.75 Å². The Morgan fingerprint density at radius 3 is 2.19 bits per heavy atom. The number of hydrogen-bond acceptors (Lipinski definition) is 8. The average molecular weight is 369 g/mol. The zero-order valence-electron chi connectivity index (χ0n) is 13.7. The number of nitrogens with zero attached hydrogens (tertiary/aromatic N) is 2. The molecule has 1 amide bonds. The second-order valence-corrected chi connectivity index (χ2v) is 6.01. The molecule has 0 aliphatic rings.